The van der Waals surface area contributed by atoms with Crippen LogP contribution in [0.15, 0.2) is 41.7 Å². The highest BCUT2D eigenvalue weighted by atomic mass is 32.2. The lowest BCUT2D eigenvalue weighted by molar-refractivity contribution is 0.00578. The number of fused-ring (bicyclic) bond motifs is 1. The minimum Gasteiger partial charge on any atom is -0.444 e. The first kappa shape index (κ1) is 31.3. The lowest BCUT2D eigenvalue weighted by Gasteiger charge is -2.44. The first-order chi connectivity index (χ1) is 19.8. The zero-order valence-corrected chi connectivity index (χ0v) is 27.5. The van der Waals surface area contributed by atoms with Crippen molar-refractivity contribution in [3.63, 3.8) is 0 Å². The van der Waals surface area contributed by atoms with Crippen LogP contribution in [0.2, 0.25) is 0 Å². The zero-order valence-electron chi connectivity index (χ0n) is 26.7. The Morgan fingerprint density at radius 1 is 1.00 bits per heavy atom. The molecule has 1 aromatic carbocycles. The molecule has 0 spiro atoms. The van der Waals surface area contributed by atoms with E-state index in [0.29, 0.717) is 29.8 Å². The number of amides is 1. The number of rotatable bonds is 4. The van der Waals surface area contributed by atoms with E-state index < -0.39 is 33.9 Å². The molecule has 0 unspecified atom stereocenters. The third-order valence-electron chi connectivity index (χ3n) is 8.53. The van der Waals surface area contributed by atoms with E-state index in [1.165, 1.54) is 10.3 Å². The zero-order chi connectivity index (χ0) is 31.7. The minimum absolute atomic E-state index is 0.142. The van der Waals surface area contributed by atoms with Crippen molar-refractivity contribution in [3.05, 3.63) is 42.4 Å². The molecule has 1 amide bonds. The smallest absolute Gasteiger partial charge is 0.444 e. The van der Waals surface area contributed by atoms with Crippen LogP contribution in [0.5, 0.6) is 0 Å². The molecule has 13 heteroatoms. The molecule has 2 aliphatic heterocycles. The summed E-state index contributed by atoms with van der Waals surface area (Å²) in [5.74, 6) is 0.552. The molecule has 4 heterocycles. The van der Waals surface area contributed by atoms with Crippen LogP contribution in [0.4, 0.5) is 10.6 Å². The number of aryl methyl sites for hydroxylation is 1. The highest BCUT2D eigenvalue weighted by Crippen LogP contribution is 2.38. The Kier molecular flexibility index (Phi) is 7.63. The molecular formula is C30H42BN5O6S. The van der Waals surface area contributed by atoms with Gasteiger partial charge in [-0.15, -0.1) is 0 Å². The van der Waals surface area contributed by atoms with Gasteiger partial charge in [-0.25, -0.2) is 27.2 Å². The van der Waals surface area contributed by atoms with Gasteiger partial charge in [0, 0.05) is 36.8 Å². The van der Waals surface area contributed by atoms with Crippen LogP contribution >= 0.6 is 0 Å². The molecule has 2 saturated heterocycles. The fraction of sp³-hybridized carbons (Fsp3) is 0.567. The van der Waals surface area contributed by atoms with Gasteiger partial charge in [-0.1, -0.05) is 17.7 Å². The molecule has 2 aliphatic rings. The fourth-order valence-corrected chi connectivity index (χ4v) is 6.74. The summed E-state index contributed by atoms with van der Waals surface area (Å²) in [6.07, 6.45) is 2.56. The Morgan fingerprint density at radius 3 is 2.19 bits per heavy atom. The van der Waals surface area contributed by atoms with Crippen LogP contribution in [-0.4, -0.2) is 82.4 Å². The van der Waals surface area contributed by atoms with Crippen molar-refractivity contribution in [2.45, 2.75) is 103 Å². The maximum Gasteiger partial charge on any atom is 0.497 e. The summed E-state index contributed by atoms with van der Waals surface area (Å²) >= 11 is 0. The number of hydrogen-bond acceptors (Lipinski definition) is 9. The van der Waals surface area contributed by atoms with Crippen molar-refractivity contribution < 1.29 is 27.3 Å². The van der Waals surface area contributed by atoms with Gasteiger partial charge < -0.3 is 23.8 Å². The lowest BCUT2D eigenvalue weighted by Crippen LogP contribution is -2.59. The molecule has 43 heavy (non-hydrogen) atoms. The number of anilines is 1. The van der Waals surface area contributed by atoms with Crippen LogP contribution in [0, 0.1) is 6.92 Å². The molecule has 2 fully saturated rings. The lowest BCUT2D eigenvalue weighted by atomic mass is 9.79. The Hall–Kier alpha value is -3.16. The molecule has 0 aliphatic carbocycles. The van der Waals surface area contributed by atoms with Gasteiger partial charge in [0.2, 0.25) is 0 Å². The van der Waals surface area contributed by atoms with Crippen LogP contribution in [-0.2, 0) is 24.1 Å². The Bertz CT molecular complexity index is 1630. The van der Waals surface area contributed by atoms with Crippen LogP contribution in [0.1, 0.15) is 67.9 Å². The normalized spacial score (nSPS) is 22.3. The number of nitrogens with zero attached hydrogens (tertiary/aromatic N) is 5. The van der Waals surface area contributed by atoms with E-state index >= 15 is 0 Å². The highest BCUT2D eigenvalue weighted by molar-refractivity contribution is 7.90. The maximum atomic E-state index is 14.0. The van der Waals surface area contributed by atoms with E-state index in [9.17, 15) is 13.2 Å². The summed E-state index contributed by atoms with van der Waals surface area (Å²) in [5.41, 5.74) is -0.219. The van der Waals surface area contributed by atoms with Gasteiger partial charge >= 0.3 is 13.2 Å². The molecular weight excluding hydrogens is 569 g/mol. The number of benzene rings is 1. The summed E-state index contributed by atoms with van der Waals surface area (Å²) in [4.78, 5) is 26.1. The summed E-state index contributed by atoms with van der Waals surface area (Å²) in [6, 6.07) is 6.35. The second kappa shape index (κ2) is 10.5. The molecule has 0 saturated carbocycles. The van der Waals surface area contributed by atoms with Crippen LogP contribution in [0.3, 0.4) is 0 Å². The molecule has 0 radical (unpaired) electrons. The SMILES string of the molecule is Cc1ccc(S(=O)(=O)n2cc(B3OC(C)(C)C(C)(C)O3)c3c(N4C[C@@H](C)N(C(=O)OC(C)(C)C)C[C@@H]4C)ncnc32)cc1. The number of hydrogen-bond donors (Lipinski definition) is 0. The molecule has 2 aromatic heterocycles. The third kappa shape index (κ3) is 5.62. The largest absolute Gasteiger partial charge is 0.497 e. The van der Waals surface area contributed by atoms with Gasteiger partial charge in [0.15, 0.2) is 5.65 Å². The fourth-order valence-electron chi connectivity index (χ4n) is 5.41. The van der Waals surface area contributed by atoms with E-state index in [1.54, 1.807) is 35.4 Å². The molecule has 5 rings (SSSR count). The minimum atomic E-state index is -4.03. The molecule has 3 aromatic rings. The van der Waals surface area contributed by atoms with Crippen molar-refractivity contribution in [1.29, 1.82) is 0 Å². The number of carbonyl (C=O) groups excluding carboxylic acids is 1. The summed E-state index contributed by atoms with van der Waals surface area (Å²) in [7, 11) is -4.89. The topological polar surface area (TPSA) is 116 Å². The van der Waals surface area contributed by atoms with Gasteiger partial charge in [-0.05, 0) is 81.4 Å². The Morgan fingerprint density at radius 2 is 1.60 bits per heavy atom. The summed E-state index contributed by atoms with van der Waals surface area (Å²) < 4.78 is 47.7. The number of piperazine rings is 1. The molecule has 0 bridgehead atoms. The average Bonchev–Trinajstić information content (AvgIpc) is 3.38. The van der Waals surface area contributed by atoms with Crippen LogP contribution < -0.4 is 10.4 Å². The van der Waals surface area contributed by atoms with E-state index in [-0.39, 0.29) is 28.7 Å². The van der Waals surface area contributed by atoms with Crippen LogP contribution in [0.25, 0.3) is 11.0 Å². The number of ether oxygens (including phenoxy) is 1. The second-order valence-corrected chi connectivity index (χ2v) is 15.5. The Balaban J connectivity index is 1.64. The molecule has 2 atom stereocenters. The standard InChI is InChI=1S/C30H42BN5O6S/c1-19-11-13-22(14-12-19)43(38,39)36-17-23(31-41-29(7,8)30(9,10)42-31)24-25(32-18-33-26(24)36)34-15-21(3)35(16-20(34)2)27(37)40-28(4,5)6/h11-14,17-18,20-21H,15-16H2,1-10H3/t20-,21+/m0/s1. The average molecular weight is 612 g/mol. The first-order valence-electron chi connectivity index (χ1n) is 14.6. The van der Waals surface area contributed by atoms with Gasteiger partial charge in [-0.3, -0.25) is 0 Å². The third-order valence-corrected chi connectivity index (χ3v) is 10.2. The maximum absolute atomic E-state index is 14.0. The van der Waals surface area contributed by atoms with E-state index in [4.69, 9.17) is 19.0 Å². The molecule has 232 valence electrons. The van der Waals surface area contributed by atoms with E-state index in [0.717, 1.165) is 5.56 Å². The van der Waals surface area contributed by atoms with Crippen molar-refractivity contribution in [3.8, 4) is 0 Å². The van der Waals surface area contributed by atoms with Gasteiger partial charge in [0.25, 0.3) is 10.0 Å². The van der Waals surface area contributed by atoms with Gasteiger partial charge in [0.05, 0.1) is 21.5 Å². The summed E-state index contributed by atoms with van der Waals surface area (Å²) in [6.45, 7) is 20.1. The monoisotopic (exact) mass is 611 g/mol. The predicted molar refractivity (Wildman–Crippen MR) is 166 cm³/mol. The summed E-state index contributed by atoms with van der Waals surface area (Å²) in [5, 5.41) is 0.529. The van der Waals surface area contributed by atoms with Crippen molar-refractivity contribution in [1.82, 2.24) is 18.8 Å². The van der Waals surface area contributed by atoms with Crippen molar-refractivity contribution in [2.75, 3.05) is 18.0 Å². The molecule has 0 N–H and O–H groups in total. The first-order valence-corrected chi connectivity index (χ1v) is 16.1. The Labute approximate surface area is 254 Å². The highest BCUT2D eigenvalue weighted by Gasteiger charge is 2.53. The second-order valence-electron chi connectivity index (χ2n) is 13.7. The predicted octanol–water partition coefficient (Wildman–Crippen LogP) is 4.11. The molecule has 11 nitrogen and oxygen atoms in total. The van der Waals surface area contributed by atoms with E-state index in [2.05, 4.69) is 9.88 Å². The van der Waals surface area contributed by atoms with Gasteiger partial charge in [-0.2, -0.15) is 0 Å². The van der Waals surface area contributed by atoms with Crippen molar-refractivity contribution >= 4 is 45.5 Å². The van der Waals surface area contributed by atoms with Crippen molar-refractivity contribution in [2.24, 2.45) is 0 Å². The van der Waals surface area contributed by atoms with Gasteiger partial charge in [0.1, 0.15) is 17.7 Å². The quantitative estimate of drug-likeness (QED) is 0.402. The number of aromatic nitrogens is 3. The van der Waals surface area contributed by atoms with E-state index in [1.807, 2.05) is 69.2 Å². The number of carbonyl (C=O) groups is 1.